The van der Waals surface area contributed by atoms with Crippen molar-refractivity contribution in [2.45, 2.75) is 33.4 Å². The van der Waals surface area contributed by atoms with Crippen LogP contribution in [0.5, 0.6) is 5.75 Å². The van der Waals surface area contributed by atoms with Gasteiger partial charge in [-0.2, -0.15) is 5.10 Å². The summed E-state index contributed by atoms with van der Waals surface area (Å²) in [4.78, 5) is 25.5. The van der Waals surface area contributed by atoms with Gasteiger partial charge in [-0.15, -0.1) is 0 Å². The molecule has 3 aromatic carbocycles. The highest BCUT2D eigenvalue weighted by atomic mass is 32.1. The molecule has 0 bridgehead atoms. The Morgan fingerprint density at radius 2 is 1.80 bits per heavy atom. The number of ether oxygens (including phenoxy) is 2. The molecular weight excluding hydrogens is 581 g/mol. The molecule has 4 aromatic rings. The van der Waals surface area contributed by atoms with Gasteiger partial charge < -0.3 is 24.7 Å². The van der Waals surface area contributed by atoms with Crippen LogP contribution >= 0.6 is 12.2 Å². The molecule has 1 aliphatic rings. The zero-order valence-corrected chi connectivity index (χ0v) is 25.3. The summed E-state index contributed by atoms with van der Waals surface area (Å²) in [6.45, 7) is 5.67. The van der Waals surface area contributed by atoms with E-state index in [2.05, 4.69) is 21.2 Å². The van der Waals surface area contributed by atoms with E-state index >= 15 is 0 Å². The van der Waals surface area contributed by atoms with E-state index < -0.39 is 17.9 Å². The average Bonchev–Trinajstić information content (AvgIpc) is 3.27. The van der Waals surface area contributed by atoms with Gasteiger partial charge in [-0.3, -0.25) is 4.79 Å². The van der Waals surface area contributed by atoms with E-state index in [1.807, 2.05) is 47.9 Å². The molecule has 5 rings (SSSR count). The summed E-state index contributed by atoms with van der Waals surface area (Å²) in [6, 6.07) is 20.9. The highest BCUT2D eigenvalue weighted by Gasteiger charge is 2.32. The molecule has 3 N–H and O–H groups in total. The van der Waals surface area contributed by atoms with Crippen molar-refractivity contribution >= 4 is 46.3 Å². The minimum Gasteiger partial charge on any atom is -0.483 e. The van der Waals surface area contributed by atoms with Crippen LogP contribution in [0, 0.1) is 12.7 Å². The van der Waals surface area contributed by atoms with Crippen LogP contribution in [-0.2, 0) is 20.9 Å². The Morgan fingerprint density at radius 1 is 1.07 bits per heavy atom. The van der Waals surface area contributed by atoms with Crippen LogP contribution in [0.3, 0.4) is 0 Å². The number of para-hydroxylation sites is 2. The zero-order valence-electron chi connectivity index (χ0n) is 24.5. The number of nitrogens with one attached hydrogen (secondary N) is 3. The predicted octanol–water partition coefficient (Wildman–Crippen LogP) is 5.02. The number of hydrazone groups is 1. The second kappa shape index (κ2) is 13.5. The minimum atomic E-state index is -0.635. The molecule has 0 saturated carbocycles. The summed E-state index contributed by atoms with van der Waals surface area (Å²) in [5.41, 5.74) is 7.28. The van der Waals surface area contributed by atoms with Crippen molar-refractivity contribution < 1.29 is 23.5 Å². The molecule has 2 heterocycles. The molecule has 1 amide bonds. The second-order valence-corrected chi connectivity index (χ2v) is 10.5. The van der Waals surface area contributed by atoms with Gasteiger partial charge in [0, 0.05) is 39.0 Å². The van der Waals surface area contributed by atoms with E-state index in [0.717, 1.165) is 22.2 Å². The monoisotopic (exact) mass is 613 g/mol. The van der Waals surface area contributed by atoms with Crippen molar-refractivity contribution in [3.05, 3.63) is 112 Å². The number of esters is 1. The van der Waals surface area contributed by atoms with Gasteiger partial charge in [0.25, 0.3) is 5.91 Å². The number of fused-ring (bicyclic) bond motifs is 1. The summed E-state index contributed by atoms with van der Waals surface area (Å²) in [5, 5.41) is 11.5. The molecule has 1 atom stereocenters. The van der Waals surface area contributed by atoms with Crippen molar-refractivity contribution in [1.29, 1.82) is 0 Å². The molecule has 0 aliphatic carbocycles. The van der Waals surface area contributed by atoms with E-state index in [9.17, 15) is 14.0 Å². The first-order valence-electron chi connectivity index (χ1n) is 14.1. The molecule has 0 fully saturated rings. The van der Waals surface area contributed by atoms with Crippen molar-refractivity contribution in [3.8, 4) is 5.75 Å². The second-order valence-electron chi connectivity index (χ2n) is 10.1. The van der Waals surface area contributed by atoms with Crippen molar-refractivity contribution in [2.24, 2.45) is 5.10 Å². The quantitative estimate of drug-likeness (QED) is 0.0998. The van der Waals surface area contributed by atoms with Crippen molar-refractivity contribution in [3.63, 3.8) is 0 Å². The number of hydrogen-bond acceptors (Lipinski definition) is 6. The smallest absolute Gasteiger partial charge is 0.338 e. The lowest BCUT2D eigenvalue weighted by Gasteiger charge is -2.30. The average molecular weight is 614 g/mol. The van der Waals surface area contributed by atoms with Crippen LogP contribution in [0.15, 0.2) is 89.2 Å². The van der Waals surface area contributed by atoms with E-state index in [-0.39, 0.29) is 19.0 Å². The molecule has 0 unspecified atom stereocenters. The largest absolute Gasteiger partial charge is 0.483 e. The SMILES string of the molecule is CCOC(=O)C1=C(C)NC(=S)N[C@H]1c1ccccc1OCC(=O)NN=Cc1c(C)n(Cc2ccccc2F)c2ccccc12. The number of amides is 1. The Labute approximate surface area is 259 Å². The van der Waals surface area contributed by atoms with Crippen LogP contribution in [0.4, 0.5) is 4.39 Å². The maximum atomic E-state index is 14.4. The molecule has 1 aromatic heterocycles. The maximum Gasteiger partial charge on any atom is 0.338 e. The fourth-order valence-electron chi connectivity index (χ4n) is 5.22. The molecular formula is C33H32FN5O4S. The minimum absolute atomic E-state index is 0.219. The van der Waals surface area contributed by atoms with Gasteiger partial charge in [-0.05, 0) is 51.2 Å². The fraction of sp³-hybridized carbons (Fsp3) is 0.212. The topological polar surface area (TPSA) is 106 Å². The number of halogens is 1. The van der Waals surface area contributed by atoms with Gasteiger partial charge in [-0.25, -0.2) is 14.6 Å². The number of carbonyl (C=O) groups excluding carboxylic acids is 2. The van der Waals surface area contributed by atoms with E-state index in [4.69, 9.17) is 21.7 Å². The molecule has 11 heteroatoms. The van der Waals surface area contributed by atoms with Gasteiger partial charge in [-0.1, -0.05) is 54.6 Å². The van der Waals surface area contributed by atoms with E-state index in [1.54, 1.807) is 50.4 Å². The van der Waals surface area contributed by atoms with Crippen LogP contribution in [-0.4, -0.2) is 41.0 Å². The highest BCUT2D eigenvalue weighted by molar-refractivity contribution is 7.80. The molecule has 226 valence electrons. The lowest BCUT2D eigenvalue weighted by molar-refractivity contribution is -0.139. The predicted molar refractivity (Wildman–Crippen MR) is 171 cm³/mol. The normalized spacial score (nSPS) is 14.8. The zero-order chi connectivity index (χ0) is 31.2. The first-order valence-corrected chi connectivity index (χ1v) is 14.5. The van der Waals surface area contributed by atoms with Gasteiger partial charge in [0.2, 0.25) is 0 Å². The Hall–Kier alpha value is -5.03. The van der Waals surface area contributed by atoms with Gasteiger partial charge in [0.1, 0.15) is 11.6 Å². The lowest BCUT2D eigenvalue weighted by Crippen LogP contribution is -2.45. The third-order valence-corrected chi connectivity index (χ3v) is 7.52. The Morgan fingerprint density at radius 3 is 2.59 bits per heavy atom. The number of carbonyl (C=O) groups is 2. The molecule has 1 aliphatic heterocycles. The van der Waals surface area contributed by atoms with Gasteiger partial charge >= 0.3 is 5.97 Å². The Bertz CT molecular complexity index is 1800. The standard InChI is InChI=1S/C33H32FN5O4S/c1-4-42-32(41)30-20(2)36-33(44)37-31(30)24-13-7-10-16-28(24)43-19-29(40)38-35-17-25-21(3)39(27-15-9-6-12-23(25)27)18-22-11-5-8-14-26(22)34/h5-17,31H,4,18-19H2,1-3H3,(H,38,40)(H2,36,37,44)/t31-/m0/s1. The molecule has 0 radical (unpaired) electrons. The van der Waals surface area contributed by atoms with Crippen LogP contribution in [0.25, 0.3) is 10.9 Å². The first-order chi connectivity index (χ1) is 21.3. The van der Waals surface area contributed by atoms with Crippen LogP contribution in [0.1, 0.15) is 42.3 Å². The van der Waals surface area contributed by atoms with Gasteiger partial charge in [0.05, 0.1) is 31.0 Å². The number of benzene rings is 3. The summed E-state index contributed by atoms with van der Waals surface area (Å²) in [5.74, 6) is -0.828. The third kappa shape index (κ3) is 6.47. The number of thiocarbonyl (C=S) groups is 1. The highest BCUT2D eigenvalue weighted by Crippen LogP contribution is 2.33. The summed E-state index contributed by atoms with van der Waals surface area (Å²) in [7, 11) is 0. The summed E-state index contributed by atoms with van der Waals surface area (Å²) in [6.07, 6.45) is 1.58. The molecule has 44 heavy (non-hydrogen) atoms. The van der Waals surface area contributed by atoms with E-state index in [0.29, 0.717) is 39.8 Å². The van der Waals surface area contributed by atoms with Crippen molar-refractivity contribution in [1.82, 2.24) is 20.6 Å². The summed E-state index contributed by atoms with van der Waals surface area (Å²) >= 11 is 5.33. The van der Waals surface area contributed by atoms with Crippen molar-refractivity contribution in [2.75, 3.05) is 13.2 Å². The fourth-order valence-corrected chi connectivity index (χ4v) is 5.49. The lowest BCUT2D eigenvalue weighted by atomic mass is 9.95. The molecule has 0 saturated heterocycles. The van der Waals surface area contributed by atoms with E-state index in [1.165, 1.54) is 6.07 Å². The maximum absolute atomic E-state index is 14.4. The molecule has 9 nitrogen and oxygen atoms in total. The Kier molecular flexibility index (Phi) is 9.35. The Balaban J connectivity index is 1.30. The van der Waals surface area contributed by atoms with Crippen LogP contribution < -0.4 is 20.8 Å². The van der Waals surface area contributed by atoms with Crippen LogP contribution in [0.2, 0.25) is 0 Å². The number of rotatable bonds is 10. The first kappa shape index (κ1) is 30.4. The number of aromatic nitrogens is 1. The number of hydrogen-bond donors (Lipinski definition) is 3. The number of allylic oxidation sites excluding steroid dienone is 1. The third-order valence-electron chi connectivity index (χ3n) is 7.30. The van der Waals surface area contributed by atoms with Gasteiger partial charge in [0.15, 0.2) is 11.7 Å². The molecule has 0 spiro atoms. The summed E-state index contributed by atoms with van der Waals surface area (Å²) < 4.78 is 27.6. The number of nitrogens with zero attached hydrogens (tertiary/aromatic N) is 2.